The fourth-order valence-electron chi connectivity index (χ4n) is 1.34. The van der Waals surface area contributed by atoms with E-state index in [4.69, 9.17) is 15.0 Å². The molecule has 0 bridgehead atoms. The van der Waals surface area contributed by atoms with Gasteiger partial charge in [-0.05, 0) is 24.1 Å². The van der Waals surface area contributed by atoms with E-state index in [1.54, 1.807) is 14.2 Å². The number of ether oxygens (including phenoxy) is 2. The summed E-state index contributed by atoms with van der Waals surface area (Å²) in [5.41, 5.74) is 9.09. The average molecular weight is 233 g/mol. The van der Waals surface area contributed by atoms with Crippen molar-refractivity contribution in [1.82, 2.24) is 0 Å². The molecule has 5 heteroatoms. The third-order valence-corrected chi connectivity index (χ3v) is 2.20. The lowest BCUT2D eigenvalue weighted by Crippen LogP contribution is -1.89. The summed E-state index contributed by atoms with van der Waals surface area (Å²) in [6, 6.07) is 5.62. The highest BCUT2D eigenvalue weighted by molar-refractivity contribution is 5.59. The van der Waals surface area contributed by atoms with Gasteiger partial charge in [0.05, 0.1) is 14.2 Å². The molecule has 0 aliphatic carbocycles. The van der Waals surface area contributed by atoms with Crippen molar-refractivity contribution in [2.75, 3.05) is 20.8 Å². The molecule has 0 heterocycles. The lowest BCUT2D eigenvalue weighted by molar-refractivity contribution is 0.394. The molecule has 0 unspecified atom stereocenters. The van der Waals surface area contributed by atoms with Crippen LogP contribution in [0.1, 0.15) is 12.0 Å². The summed E-state index contributed by atoms with van der Waals surface area (Å²) in [6.07, 6.45) is 4.59. The van der Waals surface area contributed by atoms with E-state index in [0.717, 1.165) is 17.1 Å². The van der Waals surface area contributed by atoms with Crippen molar-refractivity contribution in [1.29, 1.82) is 0 Å². The van der Waals surface area contributed by atoms with Gasteiger partial charge in [-0.25, -0.2) is 0 Å². The number of hydrogen-bond donors (Lipinski definition) is 0. The summed E-state index contributed by atoms with van der Waals surface area (Å²) in [7, 11) is 3.23. The largest absolute Gasteiger partial charge is 0.497 e. The Morgan fingerprint density at radius 1 is 1.35 bits per heavy atom. The molecule has 0 aliphatic heterocycles. The first kappa shape index (κ1) is 12.9. The molecule has 1 aromatic carbocycles. The number of hydrogen-bond acceptors (Lipinski definition) is 3. The van der Waals surface area contributed by atoms with Crippen molar-refractivity contribution in [3.8, 4) is 11.5 Å². The molecule has 0 radical (unpaired) electrons. The highest BCUT2D eigenvalue weighted by Crippen LogP contribution is 2.25. The maximum Gasteiger partial charge on any atom is 0.129 e. The van der Waals surface area contributed by atoms with Gasteiger partial charge in [0.15, 0.2) is 0 Å². The van der Waals surface area contributed by atoms with Crippen LogP contribution in [0.3, 0.4) is 0 Å². The molecule has 1 aromatic rings. The summed E-state index contributed by atoms with van der Waals surface area (Å²) >= 11 is 0. The van der Waals surface area contributed by atoms with Gasteiger partial charge in [-0.2, -0.15) is 0 Å². The van der Waals surface area contributed by atoms with Gasteiger partial charge in [-0.3, -0.25) is 0 Å². The minimum absolute atomic E-state index is 0.464. The standard InChI is InChI=1S/C12H15N3O2/c1-16-11-7-6-10(12(9-11)17-2)5-3-4-8-14-15-13/h3,5-7,9H,4,8H2,1-2H3. The molecule has 1 rings (SSSR count). The fourth-order valence-corrected chi connectivity index (χ4v) is 1.34. The molecule has 0 saturated heterocycles. The monoisotopic (exact) mass is 233 g/mol. The second kappa shape index (κ2) is 7.19. The molecule has 0 saturated carbocycles. The summed E-state index contributed by atoms with van der Waals surface area (Å²) in [6.45, 7) is 0.464. The zero-order valence-electron chi connectivity index (χ0n) is 9.96. The summed E-state index contributed by atoms with van der Waals surface area (Å²) in [5.74, 6) is 1.51. The van der Waals surface area contributed by atoms with E-state index >= 15 is 0 Å². The normalized spacial score (nSPS) is 10.0. The Morgan fingerprint density at radius 3 is 2.82 bits per heavy atom. The molecule has 0 atom stereocenters. The predicted octanol–water partition coefficient (Wildman–Crippen LogP) is 3.42. The summed E-state index contributed by atoms with van der Waals surface area (Å²) < 4.78 is 10.4. The molecular formula is C12H15N3O2. The molecule has 90 valence electrons. The van der Waals surface area contributed by atoms with E-state index in [2.05, 4.69) is 10.0 Å². The number of nitrogens with zero attached hydrogens (tertiary/aromatic N) is 3. The van der Waals surface area contributed by atoms with Crippen LogP contribution in [0.5, 0.6) is 11.5 Å². The van der Waals surface area contributed by atoms with Gasteiger partial charge < -0.3 is 9.47 Å². The van der Waals surface area contributed by atoms with Gasteiger partial charge in [-0.1, -0.05) is 17.3 Å². The van der Waals surface area contributed by atoms with Crippen LogP contribution in [-0.2, 0) is 0 Å². The van der Waals surface area contributed by atoms with Crippen molar-refractivity contribution in [3.63, 3.8) is 0 Å². The van der Waals surface area contributed by atoms with Crippen LogP contribution < -0.4 is 9.47 Å². The van der Waals surface area contributed by atoms with E-state index in [9.17, 15) is 0 Å². The van der Waals surface area contributed by atoms with E-state index < -0.39 is 0 Å². The first-order valence-electron chi connectivity index (χ1n) is 5.21. The van der Waals surface area contributed by atoms with E-state index in [1.165, 1.54) is 0 Å². The van der Waals surface area contributed by atoms with Gasteiger partial charge >= 0.3 is 0 Å². The highest BCUT2D eigenvalue weighted by atomic mass is 16.5. The maximum atomic E-state index is 8.12. The Hall–Kier alpha value is -2.13. The van der Waals surface area contributed by atoms with Gasteiger partial charge in [0, 0.05) is 23.1 Å². The second-order valence-electron chi connectivity index (χ2n) is 3.25. The van der Waals surface area contributed by atoms with Gasteiger partial charge in [-0.15, -0.1) is 0 Å². The summed E-state index contributed by atoms with van der Waals surface area (Å²) in [4.78, 5) is 2.69. The molecule has 5 nitrogen and oxygen atoms in total. The van der Waals surface area contributed by atoms with Gasteiger partial charge in [0.1, 0.15) is 11.5 Å². The number of benzene rings is 1. The van der Waals surface area contributed by atoms with Crippen LogP contribution in [-0.4, -0.2) is 20.8 Å². The molecule has 0 amide bonds. The second-order valence-corrected chi connectivity index (χ2v) is 3.25. The molecule has 0 N–H and O–H groups in total. The van der Waals surface area contributed by atoms with Crippen molar-refractivity contribution in [2.24, 2.45) is 5.11 Å². The van der Waals surface area contributed by atoms with Crippen LogP contribution in [0.15, 0.2) is 29.4 Å². The van der Waals surface area contributed by atoms with Crippen molar-refractivity contribution in [3.05, 3.63) is 40.3 Å². The van der Waals surface area contributed by atoms with Crippen molar-refractivity contribution < 1.29 is 9.47 Å². The first-order chi connectivity index (χ1) is 8.31. The zero-order chi connectivity index (χ0) is 12.5. The first-order valence-corrected chi connectivity index (χ1v) is 5.21. The third-order valence-electron chi connectivity index (χ3n) is 2.20. The smallest absolute Gasteiger partial charge is 0.129 e. The van der Waals surface area contributed by atoms with Crippen LogP contribution in [0.2, 0.25) is 0 Å². The van der Waals surface area contributed by atoms with Crippen LogP contribution >= 0.6 is 0 Å². The lowest BCUT2D eigenvalue weighted by atomic mass is 10.1. The molecule has 17 heavy (non-hydrogen) atoms. The summed E-state index contributed by atoms with van der Waals surface area (Å²) in [5, 5.41) is 3.45. The van der Waals surface area contributed by atoms with Gasteiger partial charge in [0.25, 0.3) is 0 Å². The number of methoxy groups -OCH3 is 2. The minimum atomic E-state index is 0.464. The average Bonchev–Trinajstić information content (AvgIpc) is 2.38. The number of azide groups is 1. The number of rotatable bonds is 6. The topological polar surface area (TPSA) is 67.2 Å². The van der Waals surface area contributed by atoms with Crippen LogP contribution in [0.25, 0.3) is 16.5 Å². The molecule has 0 aromatic heterocycles. The van der Waals surface area contributed by atoms with E-state index in [0.29, 0.717) is 13.0 Å². The zero-order valence-corrected chi connectivity index (χ0v) is 9.96. The molecular weight excluding hydrogens is 218 g/mol. The Labute approximate surface area is 100 Å². The highest BCUT2D eigenvalue weighted by Gasteiger charge is 2.01. The lowest BCUT2D eigenvalue weighted by Gasteiger charge is -2.07. The Morgan fingerprint density at radius 2 is 2.18 bits per heavy atom. The maximum absolute atomic E-state index is 8.12. The molecule has 0 aliphatic rings. The Balaban J connectivity index is 2.72. The predicted molar refractivity (Wildman–Crippen MR) is 67.2 cm³/mol. The molecule has 0 fully saturated rings. The minimum Gasteiger partial charge on any atom is -0.497 e. The van der Waals surface area contributed by atoms with Crippen molar-refractivity contribution in [2.45, 2.75) is 6.42 Å². The Kier molecular flexibility index (Phi) is 5.47. The van der Waals surface area contributed by atoms with E-state index in [-0.39, 0.29) is 0 Å². The SMILES string of the molecule is COc1ccc(C=CCCN=[N+]=[N-])c(OC)c1. The van der Waals surface area contributed by atoms with Gasteiger partial charge in [0.2, 0.25) is 0 Å². The van der Waals surface area contributed by atoms with Crippen molar-refractivity contribution >= 4 is 6.08 Å². The fraction of sp³-hybridized carbons (Fsp3) is 0.333. The Bertz CT molecular complexity index is 437. The third kappa shape index (κ3) is 4.09. The van der Waals surface area contributed by atoms with Crippen LogP contribution in [0.4, 0.5) is 0 Å². The van der Waals surface area contributed by atoms with E-state index in [1.807, 2.05) is 30.4 Å². The van der Waals surface area contributed by atoms with Crippen LogP contribution in [0, 0.1) is 0 Å². The molecule has 0 spiro atoms. The quantitative estimate of drug-likeness (QED) is 0.327.